The third kappa shape index (κ3) is 3.52. The molecule has 0 unspecified atom stereocenters. The van der Waals surface area contributed by atoms with Crippen LogP contribution >= 0.6 is 0 Å². The van der Waals surface area contributed by atoms with Crippen LogP contribution in [0.2, 0.25) is 0 Å². The average Bonchev–Trinajstić information content (AvgIpc) is 3.32. The number of aromatic amines is 1. The summed E-state index contributed by atoms with van der Waals surface area (Å²) < 4.78 is 0. The molecule has 3 aromatic rings. The maximum atomic E-state index is 13.4. The highest BCUT2D eigenvalue weighted by Crippen LogP contribution is 2.29. The van der Waals surface area contributed by atoms with Crippen LogP contribution in [0.5, 0.6) is 0 Å². The molecule has 0 saturated heterocycles. The predicted octanol–water partition coefficient (Wildman–Crippen LogP) is 3.58. The molecule has 2 aromatic carbocycles. The number of hydrogen-bond donors (Lipinski definition) is 2. The van der Waals surface area contributed by atoms with Crippen LogP contribution in [-0.4, -0.2) is 29.4 Å². The molecule has 1 aromatic heterocycles. The smallest absolute Gasteiger partial charge is 0.249 e. The highest BCUT2D eigenvalue weighted by Gasteiger charge is 2.31. The van der Waals surface area contributed by atoms with Crippen LogP contribution in [-0.2, 0) is 22.4 Å². The number of nitrogens with one attached hydrogen (secondary N) is 2. The molecule has 2 amide bonds. The van der Waals surface area contributed by atoms with Crippen LogP contribution in [0.4, 0.5) is 5.69 Å². The number of H-pyrrole nitrogens is 1. The summed E-state index contributed by atoms with van der Waals surface area (Å²) in [5.74, 6) is -0.118. The zero-order valence-corrected chi connectivity index (χ0v) is 16.1. The monoisotopic (exact) mass is 375 g/mol. The molecular weight excluding hydrogens is 350 g/mol. The first kappa shape index (κ1) is 18.3. The third-order valence-electron chi connectivity index (χ3n) is 5.36. The fourth-order valence-corrected chi connectivity index (χ4v) is 3.97. The topological polar surface area (TPSA) is 65.2 Å². The molecule has 2 N–H and O–H groups in total. The van der Waals surface area contributed by atoms with Crippen molar-refractivity contribution in [2.24, 2.45) is 0 Å². The highest BCUT2D eigenvalue weighted by molar-refractivity contribution is 6.01. The van der Waals surface area contributed by atoms with E-state index in [1.807, 2.05) is 60.5 Å². The zero-order valence-electron chi connectivity index (χ0n) is 16.1. The third-order valence-corrected chi connectivity index (χ3v) is 5.36. The van der Waals surface area contributed by atoms with Crippen LogP contribution < -0.4 is 10.2 Å². The number of anilines is 1. The number of aromatic nitrogens is 1. The molecule has 1 atom stereocenters. The van der Waals surface area contributed by atoms with E-state index in [1.165, 1.54) is 5.56 Å². The first-order chi connectivity index (χ1) is 13.7. The Bertz CT molecular complexity index is 1010. The summed E-state index contributed by atoms with van der Waals surface area (Å²) in [5, 5.41) is 4.07. The van der Waals surface area contributed by atoms with E-state index in [0.29, 0.717) is 19.4 Å². The second-order valence-corrected chi connectivity index (χ2v) is 7.30. The number of carbonyl (C=O) groups is 2. The Hall–Kier alpha value is -3.08. The maximum Gasteiger partial charge on any atom is 0.249 e. The molecule has 0 saturated carbocycles. The Kier molecular flexibility index (Phi) is 5.15. The van der Waals surface area contributed by atoms with Gasteiger partial charge < -0.3 is 15.2 Å². The van der Waals surface area contributed by atoms with Crippen molar-refractivity contribution in [1.82, 2.24) is 10.3 Å². The summed E-state index contributed by atoms with van der Waals surface area (Å²) >= 11 is 0. The summed E-state index contributed by atoms with van der Waals surface area (Å²) in [6.45, 7) is 2.62. The van der Waals surface area contributed by atoms with Crippen LogP contribution in [0.25, 0.3) is 10.9 Å². The molecule has 4 rings (SSSR count). The van der Waals surface area contributed by atoms with Gasteiger partial charge in [0.25, 0.3) is 0 Å². The van der Waals surface area contributed by atoms with Crippen molar-refractivity contribution in [2.45, 2.75) is 38.6 Å². The molecule has 0 radical (unpaired) electrons. The van der Waals surface area contributed by atoms with Gasteiger partial charge in [-0.2, -0.15) is 0 Å². The van der Waals surface area contributed by atoms with Crippen LogP contribution in [0.3, 0.4) is 0 Å². The van der Waals surface area contributed by atoms with Crippen LogP contribution in [0.1, 0.15) is 30.9 Å². The summed E-state index contributed by atoms with van der Waals surface area (Å²) in [4.78, 5) is 30.8. The van der Waals surface area contributed by atoms with Gasteiger partial charge in [0, 0.05) is 42.2 Å². The normalized spacial score (nSPS) is 14.1. The van der Waals surface area contributed by atoms with E-state index in [0.717, 1.165) is 35.0 Å². The summed E-state index contributed by atoms with van der Waals surface area (Å²) in [6, 6.07) is 15.4. The Morgan fingerprint density at radius 3 is 2.79 bits per heavy atom. The van der Waals surface area contributed by atoms with Gasteiger partial charge in [-0.3, -0.25) is 9.59 Å². The molecule has 1 aliphatic rings. The Morgan fingerprint density at radius 1 is 1.14 bits per heavy atom. The molecular formula is C23H25N3O2. The number of rotatable bonds is 6. The average molecular weight is 375 g/mol. The standard InChI is InChI=1S/C23H25N3O2/c1-2-7-22(27)25-20(14-17-15-24-19-10-5-4-9-18(17)19)23(28)26-13-12-16-8-3-6-11-21(16)26/h3-6,8-11,15,20,24H,2,7,12-14H2,1H3,(H,25,27)/t20-/m0/s1. The lowest BCUT2D eigenvalue weighted by molar-refractivity contribution is -0.127. The number of fused-ring (bicyclic) bond motifs is 2. The quantitative estimate of drug-likeness (QED) is 0.692. The second kappa shape index (κ2) is 7.89. The molecule has 0 spiro atoms. The van der Waals surface area contributed by atoms with Gasteiger partial charge in [-0.25, -0.2) is 0 Å². The van der Waals surface area contributed by atoms with Gasteiger partial charge in [0.15, 0.2) is 0 Å². The van der Waals surface area contributed by atoms with E-state index in [-0.39, 0.29) is 11.8 Å². The molecule has 28 heavy (non-hydrogen) atoms. The lowest BCUT2D eigenvalue weighted by Crippen LogP contribution is -2.49. The minimum atomic E-state index is -0.579. The molecule has 1 aliphatic heterocycles. The van der Waals surface area contributed by atoms with Crippen molar-refractivity contribution >= 4 is 28.4 Å². The Balaban J connectivity index is 1.62. The Morgan fingerprint density at radius 2 is 1.93 bits per heavy atom. The zero-order chi connectivity index (χ0) is 19.5. The molecule has 5 heteroatoms. The summed E-state index contributed by atoms with van der Waals surface area (Å²) in [7, 11) is 0. The number of amides is 2. The SMILES string of the molecule is CCCC(=O)N[C@@H](Cc1c[nH]c2ccccc12)C(=O)N1CCc2ccccc21. The number of carbonyl (C=O) groups excluding carboxylic acids is 2. The molecule has 144 valence electrons. The lowest BCUT2D eigenvalue weighted by Gasteiger charge is -2.25. The van der Waals surface area contributed by atoms with Crippen LogP contribution in [0.15, 0.2) is 54.7 Å². The van der Waals surface area contributed by atoms with Gasteiger partial charge in [0.05, 0.1) is 0 Å². The van der Waals surface area contributed by atoms with E-state index in [4.69, 9.17) is 0 Å². The van der Waals surface area contributed by atoms with Gasteiger partial charge in [-0.15, -0.1) is 0 Å². The van der Waals surface area contributed by atoms with E-state index in [2.05, 4.69) is 16.4 Å². The predicted molar refractivity (Wildman–Crippen MR) is 111 cm³/mol. The molecule has 5 nitrogen and oxygen atoms in total. The number of hydrogen-bond acceptors (Lipinski definition) is 2. The second-order valence-electron chi connectivity index (χ2n) is 7.30. The van der Waals surface area contributed by atoms with E-state index in [1.54, 1.807) is 0 Å². The lowest BCUT2D eigenvalue weighted by atomic mass is 10.0. The first-order valence-corrected chi connectivity index (χ1v) is 9.91. The summed E-state index contributed by atoms with van der Waals surface area (Å²) in [6.07, 6.45) is 4.44. The number of para-hydroxylation sites is 2. The van der Waals surface area contributed by atoms with Crippen molar-refractivity contribution in [3.8, 4) is 0 Å². The van der Waals surface area contributed by atoms with Crippen molar-refractivity contribution in [3.05, 3.63) is 65.9 Å². The fourth-order valence-electron chi connectivity index (χ4n) is 3.97. The minimum Gasteiger partial charge on any atom is -0.361 e. The van der Waals surface area contributed by atoms with Gasteiger partial charge in [0.2, 0.25) is 11.8 Å². The van der Waals surface area contributed by atoms with Gasteiger partial charge in [0.1, 0.15) is 6.04 Å². The van der Waals surface area contributed by atoms with E-state index >= 15 is 0 Å². The van der Waals surface area contributed by atoms with Crippen molar-refractivity contribution in [3.63, 3.8) is 0 Å². The fraction of sp³-hybridized carbons (Fsp3) is 0.304. The number of benzene rings is 2. The first-order valence-electron chi connectivity index (χ1n) is 9.91. The van der Waals surface area contributed by atoms with E-state index in [9.17, 15) is 9.59 Å². The molecule has 0 aliphatic carbocycles. The van der Waals surface area contributed by atoms with Gasteiger partial charge >= 0.3 is 0 Å². The van der Waals surface area contributed by atoms with Gasteiger partial charge in [-0.1, -0.05) is 43.3 Å². The van der Waals surface area contributed by atoms with E-state index < -0.39 is 6.04 Å². The number of nitrogens with zero attached hydrogens (tertiary/aromatic N) is 1. The van der Waals surface area contributed by atoms with Crippen molar-refractivity contribution in [1.29, 1.82) is 0 Å². The molecule has 0 fully saturated rings. The Labute approximate surface area is 164 Å². The van der Waals surface area contributed by atoms with Crippen molar-refractivity contribution in [2.75, 3.05) is 11.4 Å². The maximum absolute atomic E-state index is 13.4. The summed E-state index contributed by atoms with van der Waals surface area (Å²) in [5.41, 5.74) is 4.22. The molecule has 0 bridgehead atoms. The largest absolute Gasteiger partial charge is 0.361 e. The van der Waals surface area contributed by atoms with Crippen molar-refractivity contribution < 1.29 is 9.59 Å². The van der Waals surface area contributed by atoms with Gasteiger partial charge in [-0.05, 0) is 36.1 Å². The highest BCUT2D eigenvalue weighted by atomic mass is 16.2. The van der Waals surface area contributed by atoms with Crippen LogP contribution in [0, 0.1) is 0 Å². The molecule has 2 heterocycles. The minimum absolute atomic E-state index is 0.0420.